The van der Waals surface area contributed by atoms with Gasteiger partial charge in [-0.2, -0.15) is 0 Å². The molecule has 0 saturated heterocycles. The molecular formula is C11H25IN2S. The summed E-state index contributed by atoms with van der Waals surface area (Å²) in [4.78, 5) is 2.45. The van der Waals surface area contributed by atoms with E-state index < -0.39 is 0 Å². The van der Waals surface area contributed by atoms with E-state index in [0.29, 0.717) is 0 Å². The van der Waals surface area contributed by atoms with Gasteiger partial charge in [0.1, 0.15) is 0 Å². The number of nitrogens with zero attached hydrogens (tertiary/aromatic N) is 2. The highest BCUT2D eigenvalue weighted by molar-refractivity contribution is 8.13. The summed E-state index contributed by atoms with van der Waals surface area (Å²) in [5.74, 6) is 1.16. The molecule has 0 aromatic heterocycles. The second kappa shape index (κ2) is 11.0. The molecule has 0 aliphatic heterocycles. The fourth-order valence-electron chi connectivity index (χ4n) is 1.50. The molecule has 0 spiro atoms. The summed E-state index contributed by atoms with van der Waals surface area (Å²) in [6, 6.07) is 0. The first-order chi connectivity index (χ1) is 6.74. The molecule has 0 heterocycles. The van der Waals surface area contributed by atoms with E-state index in [2.05, 4.69) is 44.1 Å². The highest BCUT2D eigenvalue weighted by atomic mass is 127. The Balaban J connectivity index is 0. The van der Waals surface area contributed by atoms with Gasteiger partial charge in [-0.3, -0.25) is 9.48 Å². The summed E-state index contributed by atoms with van der Waals surface area (Å²) in [7, 11) is 0. The van der Waals surface area contributed by atoms with Gasteiger partial charge in [-0.25, -0.2) is 0 Å². The molecule has 0 atom stereocenters. The Labute approximate surface area is 117 Å². The molecule has 0 radical (unpaired) electrons. The average Bonchev–Trinajstić information content (AvgIpc) is 2.21. The van der Waals surface area contributed by atoms with Crippen LogP contribution in [0.2, 0.25) is 0 Å². The molecule has 0 aliphatic rings. The molecule has 15 heavy (non-hydrogen) atoms. The molecule has 4 heteroatoms. The Kier molecular flexibility index (Phi) is 13.2. The molecule has 0 amide bonds. The molecule has 0 aliphatic carbocycles. The van der Waals surface area contributed by atoms with Crippen LogP contribution in [-0.2, 0) is 0 Å². The SMILES string of the molecule is CCSC(N(CC)CC)=[N+](CC)CC.[I-]. The molecular weight excluding hydrogens is 319 g/mol. The Hall–Kier alpha value is 0.550. The van der Waals surface area contributed by atoms with Crippen LogP contribution in [0, 0.1) is 0 Å². The summed E-state index contributed by atoms with van der Waals surface area (Å²) in [5.41, 5.74) is 0. The minimum Gasteiger partial charge on any atom is -1.00 e. The second-order valence-electron chi connectivity index (χ2n) is 3.06. The zero-order chi connectivity index (χ0) is 11.0. The van der Waals surface area contributed by atoms with Gasteiger partial charge in [0.2, 0.25) is 0 Å². The lowest BCUT2D eigenvalue weighted by atomic mass is 10.5. The van der Waals surface area contributed by atoms with Crippen molar-refractivity contribution in [2.75, 3.05) is 31.9 Å². The molecule has 0 bridgehead atoms. The molecule has 0 aromatic rings. The van der Waals surface area contributed by atoms with Crippen LogP contribution in [0.25, 0.3) is 0 Å². The quantitative estimate of drug-likeness (QED) is 0.287. The Morgan fingerprint density at radius 1 is 1.00 bits per heavy atom. The molecule has 0 aromatic carbocycles. The van der Waals surface area contributed by atoms with E-state index in [0.717, 1.165) is 31.9 Å². The summed E-state index contributed by atoms with van der Waals surface area (Å²) in [6.07, 6.45) is 0. The van der Waals surface area contributed by atoms with Crippen LogP contribution >= 0.6 is 11.8 Å². The number of amidine groups is 1. The van der Waals surface area contributed by atoms with Crippen molar-refractivity contribution in [3.8, 4) is 0 Å². The number of hydrogen-bond donors (Lipinski definition) is 0. The fourth-order valence-corrected chi connectivity index (χ4v) is 2.64. The van der Waals surface area contributed by atoms with Gasteiger partial charge >= 0.3 is 5.17 Å². The highest BCUT2D eigenvalue weighted by Crippen LogP contribution is 2.08. The molecule has 0 N–H and O–H groups in total. The van der Waals surface area contributed by atoms with Gasteiger partial charge in [-0.05, 0) is 39.5 Å². The van der Waals surface area contributed by atoms with E-state index in [1.165, 1.54) is 5.17 Å². The third-order valence-electron chi connectivity index (χ3n) is 2.34. The lowest BCUT2D eigenvalue weighted by Crippen LogP contribution is -3.00. The smallest absolute Gasteiger partial charge is 0.308 e. The van der Waals surface area contributed by atoms with E-state index in [9.17, 15) is 0 Å². The Bertz CT molecular complexity index is 173. The predicted molar refractivity (Wildman–Crippen MR) is 67.4 cm³/mol. The monoisotopic (exact) mass is 344 g/mol. The van der Waals surface area contributed by atoms with Gasteiger partial charge in [0.25, 0.3) is 0 Å². The van der Waals surface area contributed by atoms with E-state index in [4.69, 9.17) is 0 Å². The lowest BCUT2D eigenvalue weighted by molar-refractivity contribution is -0.522. The van der Waals surface area contributed by atoms with Crippen molar-refractivity contribution in [2.24, 2.45) is 0 Å². The van der Waals surface area contributed by atoms with Crippen molar-refractivity contribution < 1.29 is 28.6 Å². The molecule has 0 unspecified atom stereocenters. The van der Waals surface area contributed by atoms with Gasteiger partial charge in [0.05, 0.1) is 26.2 Å². The number of hydrogen-bond acceptors (Lipinski definition) is 1. The summed E-state index contributed by atoms with van der Waals surface area (Å²) in [6.45, 7) is 15.5. The van der Waals surface area contributed by atoms with Crippen LogP contribution in [0.4, 0.5) is 0 Å². The van der Waals surface area contributed by atoms with Crippen LogP contribution in [0.15, 0.2) is 0 Å². The normalized spacial score (nSPS) is 9.40. The number of rotatable bonds is 5. The first-order valence-corrected chi connectivity index (χ1v) is 6.73. The van der Waals surface area contributed by atoms with E-state index in [1.807, 2.05) is 11.8 Å². The standard InChI is InChI=1S/C11H25N2S.HI/c1-6-12(7-2)11(14-10-5)13(8-3)9-4;/h6-10H2,1-5H3;1H/q+1;/p-1. The van der Waals surface area contributed by atoms with Crippen molar-refractivity contribution in [2.45, 2.75) is 34.6 Å². The van der Waals surface area contributed by atoms with E-state index in [1.54, 1.807) is 0 Å². The molecule has 0 rings (SSSR count). The van der Waals surface area contributed by atoms with Crippen LogP contribution in [0.3, 0.4) is 0 Å². The van der Waals surface area contributed by atoms with E-state index >= 15 is 0 Å². The van der Waals surface area contributed by atoms with Crippen LogP contribution in [0.1, 0.15) is 34.6 Å². The van der Waals surface area contributed by atoms with Crippen LogP contribution in [-0.4, -0.2) is 46.6 Å². The zero-order valence-corrected chi connectivity index (χ0v) is 13.7. The first kappa shape index (κ1) is 17.9. The Morgan fingerprint density at radius 2 is 1.47 bits per heavy atom. The lowest BCUT2D eigenvalue weighted by Gasteiger charge is -2.18. The molecule has 0 saturated carbocycles. The van der Waals surface area contributed by atoms with Gasteiger partial charge in [0, 0.05) is 5.75 Å². The van der Waals surface area contributed by atoms with Crippen molar-refractivity contribution in [1.29, 1.82) is 0 Å². The first-order valence-electron chi connectivity index (χ1n) is 5.74. The maximum absolute atomic E-state index is 2.45. The largest absolute Gasteiger partial charge is 1.00 e. The van der Waals surface area contributed by atoms with Gasteiger partial charge in [0.15, 0.2) is 0 Å². The summed E-state index contributed by atoms with van der Waals surface area (Å²) < 4.78 is 2.45. The van der Waals surface area contributed by atoms with Gasteiger partial charge in [-0.15, -0.1) is 0 Å². The third kappa shape index (κ3) is 6.00. The summed E-state index contributed by atoms with van der Waals surface area (Å²) >= 11 is 1.96. The van der Waals surface area contributed by atoms with Crippen molar-refractivity contribution >= 4 is 16.9 Å². The predicted octanol–water partition coefficient (Wildman–Crippen LogP) is -0.506. The van der Waals surface area contributed by atoms with Crippen molar-refractivity contribution in [3.63, 3.8) is 0 Å². The third-order valence-corrected chi connectivity index (χ3v) is 3.40. The maximum atomic E-state index is 2.45. The minimum atomic E-state index is 0. The van der Waals surface area contributed by atoms with E-state index in [-0.39, 0.29) is 24.0 Å². The Morgan fingerprint density at radius 3 is 1.73 bits per heavy atom. The fraction of sp³-hybridized carbons (Fsp3) is 0.909. The molecule has 2 nitrogen and oxygen atoms in total. The van der Waals surface area contributed by atoms with Crippen molar-refractivity contribution in [3.05, 3.63) is 0 Å². The molecule has 92 valence electrons. The molecule has 0 fully saturated rings. The van der Waals surface area contributed by atoms with Gasteiger partial charge < -0.3 is 24.0 Å². The topological polar surface area (TPSA) is 6.25 Å². The second-order valence-corrected chi connectivity index (χ2v) is 4.29. The zero-order valence-electron chi connectivity index (χ0n) is 10.7. The van der Waals surface area contributed by atoms with Crippen LogP contribution in [0.5, 0.6) is 0 Å². The minimum absolute atomic E-state index is 0. The van der Waals surface area contributed by atoms with Crippen molar-refractivity contribution in [1.82, 2.24) is 4.90 Å². The maximum Gasteiger partial charge on any atom is 0.308 e. The number of thioether (sulfide) groups is 1. The van der Waals surface area contributed by atoms with Gasteiger partial charge in [-0.1, -0.05) is 6.92 Å². The van der Waals surface area contributed by atoms with Crippen LogP contribution < -0.4 is 24.0 Å². The number of halogens is 1. The highest BCUT2D eigenvalue weighted by Gasteiger charge is 2.18. The summed E-state index contributed by atoms with van der Waals surface area (Å²) in [5, 5.41) is 1.45. The average molecular weight is 344 g/mol.